The van der Waals surface area contributed by atoms with E-state index in [9.17, 15) is 4.39 Å². The lowest BCUT2D eigenvalue weighted by Crippen LogP contribution is -2.15. The Labute approximate surface area is 122 Å². The van der Waals surface area contributed by atoms with Crippen LogP contribution in [0.3, 0.4) is 0 Å². The molecule has 4 heteroatoms. The third kappa shape index (κ3) is 4.09. The molecule has 0 amide bonds. The van der Waals surface area contributed by atoms with Gasteiger partial charge in [-0.15, -0.1) is 11.3 Å². The molecule has 1 heterocycles. The summed E-state index contributed by atoms with van der Waals surface area (Å²) < 4.78 is 12.9. The summed E-state index contributed by atoms with van der Waals surface area (Å²) in [5, 5.41) is 10.7. The van der Waals surface area contributed by atoms with Gasteiger partial charge in [-0.2, -0.15) is 0 Å². The predicted molar refractivity (Wildman–Crippen MR) is 81.4 cm³/mol. The number of hydrogen-bond donors (Lipinski definition) is 1. The summed E-state index contributed by atoms with van der Waals surface area (Å²) in [6.07, 6.45) is 0.501. The van der Waals surface area contributed by atoms with E-state index in [-0.39, 0.29) is 12.4 Å². The van der Waals surface area contributed by atoms with Crippen molar-refractivity contribution in [2.24, 2.45) is 0 Å². The fraction of sp³-hybridized carbons (Fsp3) is 0.250. The van der Waals surface area contributed by atoms with Crippen molar-refractivity contribution in [3.8, 4) is 11.8 Å². The number of halogens is 1. The number of benzene rings is 1. The molecule has 0 aliphatic rings. The van der Waals surface area contributed by atoms with Gasteiger partial charge in [0.05, 0.1) is 13.2 Å². The standard InChI is InChI=1S/C16H16FNOS/c1-18(15-7-5-14(17)6-8-15)11-16-10-13(12-20-16)4-2-3-9-19/h5-8,10,12,19H,3,9,11H2,1H3. The van der Waals surface area contributed by atoms with Crippen molar-refractivity contribution in [1.29, 1.82) is 0 Å². The SMILES string of the molecule is CN(Cc1cc(C#CCCO)cs1)c1ccc(F)cc1. The number of hydrogen-bond acceptors (Lipinski definition) is 3. The van der Waals surface area contributed by atoms with E-state index in [1.165, 1.54) is 17.0 Å². The maximum Gasteiger partial charge on any atom is 0.123 e. The highest BCUT2D eigenvalue weighted by Crippen LogP contribution is 2.20. The molecule has 20 heavy (non-hydrogen) atoms. The van der Waals surface area contributed by atoms with Crippen LogP contribution in [0.4, 0.5) is 10.1 Å². The Morgan fingerprint density at radius 2 is 2.05 bits per heavy atom. The molecule has 2 rings (SSSR count). The topological polar surface area (TPSA) is 23.5 Å². The first-order valence-electron chi connectivity index (χ1n) is 6.33. The molecule has 0 saturated heterocycles. The average Bonchev–Trinajstić information content (AvgIpc) is 2.87. The second kappa shape index (κ2) is 7.09. The predicted octanol–water partition coefficient (Wildman–Crippen LogP) is 3.26. The zero-order valence-corrected chi connectivity index (χ0v) is 12.1. The molecule has 2 aromatic rings. The van der Waals surface area contributed by atoms with Gasteiger partial charge in [-0.05, 0) is 30.3 Å². The van der Waals surface area contributed by atoms with E-state index < -0.39 is 0 Å². The molecule has 0 aliphatic carbocycles. The van der Waals surface area contributed by atoms with Gasteiger partial charge in [-0.25, -0.2) is 4.39 Å². The summed E-state index contributed by atoms with van der Waals surface area (Å²) in [6.45, 7) is 0.856. The van der Waals surface area contributed by atoms with Gasteiger partial charge in [-0.1, -0.05) is 11.8 Å². The van der Waals surface area contributed by atoms with Gasteiger partial charge in [0.15, 0.2) is 0 Å². The van der Waals surface area contributed by atoms with Gasteiger partial charge in [0.1, 0.15) is 5.82 Å². The van der Waals surface area contributed by atoms with Gasteiger partial charge in [0.25, 0.3) is 0 Å². The van der Waals surface area contributed by atoms with Gasteiger partial charge >= 0.3 is 0 Å². The zero-order chi connectivity index (χ0) is 14.4. The van der Waals surface area contributed by atoms with Gasteiger partial charge in [-0.3, -0.25) is 0 Å². The summed E-state index contributed by atoms with van der Waals surface area (Å²) in [7, 11) is 1.98. The Kier molecular flexibility index (Phi) is 5.16. The molecule has 1 aromatic heterocycles. The second-order valence-electron chi connectivity index (χ2n) is 4.41. The summed E-state index contributed by atoms with van der Waals surface area (Å²) >= 11 is 1.65. The number of aliphatic hydroxyl groups excluding tert-OH is 1. The Morgan fingerprint density at radius 3 is 2.75 bits per heavy atom. The molecule has 0 atom stereocenters. The highest BCUT2D eigenvalue weighted by atomic mass is 32.1. The third-order valence-corrected chi connectivity index (χ3v) is 3.71. The Hall–Kier alpha value is -1.83. The Balaban J connectivity index is 2.00. The van der Waals surface area contributed by atoms with Crippen LogP contribution in [0.2, 0.25) is 0 Å². The lowest BCUT2D eigenvalue weighted by atomic mass is 10.2. The van der Waals surface area contributed by atoms with Crippen molar-refractivity contribution >= 4 is 17.0 Å². The molecule has 1 N–H and O–H groups in total. The van der Waals surface area contributed by atoms with Crippen LogP contribution in [0.15, 0.2) is 35.7 Å². The van der Waals surface area contributed by atoms with Crippen molar-refractivity contribution in [3.05, 3.63) is 52.0 Å². The summed E-state index contributed by atoms with van der Waals surface area (Å²) in [4.78, 5) is 3.26. The molecular formula is C16H16FNOS. The molecular weight excluding hydrogens is 273 g/mol. The number of anilines is 1. The minimum atomic E-state index is -0.222. The maximum absolute atomic E-state index is 12.9. The van der Waals surface area contributed by atoms with Crippen LogP contribution in [-0.2, 0) is 6.54 Å². The maximum atomic E-state index is 12.9. The first-order valence-corrected chi connectivity index (χ1v) is 7.21. The molecule has 0 fully saturated rings. The van der Waals surface area contributed by atoms with Crippen LogP contribution in [0.1, 0.15) is 16.9 Å². The molecule has 0 aliphatic heterocycles. The van der Waals surface area contributed by atoms with Crippen LogP contribution in [0, 0.1) is 17.7 Å². The highest BCUT2D eigenvalue weighted by Gasteiger charge is 2.04. The van der Waals surface area contributed by atoms with E-state index in [0.29, 0.717) is 6.42 Å². The van der Waals surface area contributed by atoms with Crippen molar-refractivity contribution in [1.82, 2.24) is 0 Å². The minimum Gasteiger partial charge on any atom is -0.395 e. The molecule has 1 aromatic carbocycles. The highest BCUT2D eigenvalue weighted by molar-refractivity contribution is 7.10. The Morgan fingerprint density at radius 1 is 1.30 bits per heavy atom. The number of aliphatic hydroxyl groups is 1. The van der Waals surface area contributed by atoms with E-state index in [4.69, 9.17) is 5.11 Å². The van der Waals surface area contributed by atoms with E-state index in [0.717, 1.165) is 17.8 Å². The molecule has 104 valence electrons. The summed E-state index contributed by atoms with van der Waals surface area (Å²) in [6, 6.07) is 8.52. The van der Waals surface area contributed by atoms with Gasteiger partial charge < -0.3 is 10.0 Å². The number of rotatable bonds is 4. The first-order chi connectivity index (χ1) is 9.69. The molecule has 0 radical (unpaired) electrons. The van der Waals surface area contributed by atoms with Crippen LogP contribution in [0.5, 0.6) is 0 Å². The van der Waals surface area contributed by atoms with Crippen LogP contribution >= 0.6 is 11.3 Å². The molecule has 0 spiro atoms. The van der Waals surface area contributed by atoms with E-state index >= 15 is 0 Å². The molecule has 0 bridgehead atoms. The van der Waals surface area contributed by atoms with E-state index in [1.54, 1.807) is 23.5 Å². The average molecular weight is 289 g/mol. The lowest BCUT2D eigenvalue weighted by Gasteiger charge is -2.18. The normalized spacial score (nSPS) is 9.95. The van der Waals surface area contributed by atoms with Crippen molar-refractivity contribution in [3.63, 3.8) is 0 Å². The van der Waals surface area contributed by atoms with Gasteiger partial charge in [0, 0.05) is 35.0 Å². The first kappa shape index (κ1) is 14.6. The van der Waals surface area contributed by atoms with E-state index in [2.05, 4.69) is 22.8 Å². The van der Waals surface area contributed by atoms with Crippen LogP contribution in [0.25, 0.3) is 0 Å². The van der Waals surface area contributed by atoms with Gasteiger partial charge in [0.2, 0.25) is 0 Å². The number of nitrogens with zero attached hydrogens (tertiary/aromatic N) is 1. The third-order valence-electron chi connectivity index (χ3n) is 2.78. The van der Waals surface area contributed by atoms with Crippen LogP contribution in [-0.4, -0.2) is 18.8 Å². The minimum absolute atomic E-state index is 0.0945. The monoisotopic (exact) mass is 289 g/mol. The molecule has 0 saturated carbocycles. The summed E-state index contributed by atoms with van der Waals surface area (Å²) in [5.74, 6) is 5.70. The second-order valence-corrected chi connectivity index (χ2v) is 5.41. The molecule has 0 unspecified atom stereocenters. The largest absolute Gasteiger partial charge is 0.395 e. The summed E-state index contributed by atoms with van der Waals surface area (Å²) in [5.41, 5.74) is 1.96. The number of thiophene rings is 1. The lowest BCUT2D eigenvalue weighted by molar-refractivity contribution is 0.305. The Bertz CT molecular complexity index is 609. The van der Waals surface area contributed by atoms with Crippen molar-refractivity contribution < 1.29 is 9.50 Å². The fourth-order valence-electron chi connectivity index (χ4n) is 1.77. The van der Waals surface area contributed by atoms with Crippen LogP contribution < -0.4 is 4.90 Å². The van der Waals surface area contributed by atoms with Crippen molar-refractivity contribution in [2.45, 2.75) is 13.0 Å². The fourth-order valence-corrected chi connectivity index (χ4v) is 2.64. The zero-order valence-electron chi connectivity index (χ0n) is 11.3. The smallest absolute Gasteiger partial charge is 0.123 e. The molecule has 2 nitrogen and oxygen atoms in total. The van der Waals surface area contributed by atoms with Crippen molar-refractivity contribution in [2.75, 3.05) is 18.6 Å². The van der Waals surface area contributed by atoms with E-state index in [1.807, 2.05) is 12.4 Å². The quantitative estimate of drug-likeness (QED) is 0.873.